The summed E-state index contributed by atoms with van der Waals surface area (Å²) in [4.78, 5) is 11.1. The summed E-state index contributed by atoms with van der Waals surface area (Å²) in [5.41, 5.74) is 2.58. The van der Waals surface area contributed by atoms with Gasteiger partial charge in [0.1, 0.15) is 22.8 Å². The molecule has 2 heterocycles. The SMILES string of the molecule is Cc1c(C2CCN(S(=O)(=O)c3ccc(Cl)cc3F)CC2)c2cc(F)ccc2n1C(C)C=O. The van der Waals surface area contributed by atoms with E-state index in [4.69, 9.17) is 11.6 Å². The third kappa shape index (κ3) is 3.84. The van der Waals surface area contributed by atoms with Crippen LogP contribution in [0.2, 0.25) is 5.02 Å². The number of nitrogens with zero attached hydrogens (tertiary/aromatic N) is 2. The zero-order chi connectivity index (χ0) is 23.2. The Kier molecular flexibility index (Phi) is 6.13. The zero-order valence-electron chi connectivity index (χ0n) is 17.7. The summed E-state index contributed by atoms with van der Waals surface area (Å²) < 4.78 is 57.4. The summed E-state index contributed by atoms with van der Waals surface area (Å²) >= 11 is 5.75. The first-order chi connectivity index (χ1) is 15.1. The van der Waals surface area contributed by atoms with Crippen LogP contribution in [0.4, 0.5) is 8.78 Å². The van der Waals surface area contributed by atoms with E-state index < -0.39 is 26.8 Å². The van der Waals surface area contributed by atoms with E-state index >= 15 is 0 Å². The van der Waals surface area contributed by atoms with Crippen molar-refractivity contribution in [1.29, 1.82) is 0 Å². The predicted octanol–water partition coefficient (Wildman–Crippen LogP) is 5.21. The van der Waals surface area contributed by atoms with Gasteiger partial charge in [0.15, 0.2) is 0 Å². The van der Waals surface area contributed by atoms with Gasteiger partial charge in [-0.3, -0.25) is 0 Å². The van der Waals surface area contributed by atoms with Crippen LogP contribution >= 0.6 is 11.6 Å². The normalized spacial score (nSPS) is 17.0. The first-order valence-corrected chi connectivity index (χ1v) is 12.2. The van der Waals surface area contributed by atoms with Crippen molar-refractivity contribution in [3.63, 3.8) is 0 Å². The summed E-state index contributed by atoms with van der Waals surface area (Å²) in [5.74, 6) is -1.26. The van der Waals surface area contributed by atoms with Crippen LogP contribution < -0.4 is 0 Å². The second-order valence-corrected chi connectivity index (χ2v) is 10.5. The van der Waals surface area contributed by atoms with Crippen molar-refractivity contribution in [2.75, 3.05) is 13.1 Å². The van der Waals surface area contributed by atoms with Crippen LogP contribution in [0.15, 0.2) is 41.3 Å². The first kappa shape index (κ1) is 22.9. The van der Waals surface area contributed by atoms with Gasteiger partial charge in [-0.2, -0.15) is 4.31 Å². The Morgan fingerprint density at radius 2 is 1.81 bits per heavy atom. The predicted molar refractivity (Wildman–Crippen MR) is 120 cm³/mol. The summed E-state index contributed by atoms with van der Waals surface area (Å²) in [7, 11) is -4.00. The molecule has 5 nitrogen and oxygen atoms in total. The first-order valence-electron chi connectivity index (χ1n) is 10.4. The molecule has 0 spiro atoms. The number of fused-ring (bicyclic) bond motifs is 1. The highest BCUT2D eigenvalue weighted by molar-refractivity contribution is 7.89. The number of piperidine rings is 1. The molecule has 0 bridgehead atoms. The molecule has 1 saturated heterocycles. The number of benzene rings is 2. The summed E-state index contributed by atoms with van der Waals surface area (Å²) in [6.07, 6.45) is 1.84. The second-order valence-electron chi connectivity index (χ2n) is 8.16. The summed E-state index contributed by atoms with van der Waals surface area (Å²) in [6, 6.07) is 7.62. The number of hydrogen-bond acceptors (Lipinski definition) is 3. The number of aromatic nitrogens is 1. The molecule has 0 saturated carbocycles. The maximum Gasteiger partial charge on any atom is 0.245 e. The Morgan fingerprint density at radius 3 is 2.44 bits per heavy atom. The number of sulfonamides is 1. The molecule has 3 aromatic rings. The standard InChI is InChI=1S/C23H23ClF2N2O3S/c1-14(13-29)28-15(2)23(19-12-18(25)4-5-21(19)28)16-7-9-27(10-8-16)32(30,31)22-6-3-17(24)11-20(22)26/h3-6,11-14,16H,7-10H2,1-2H3. The molecule has 32 heavy (non-hydrogen) atoms. The van der Waals surface area contributed by atoms with E-state index in [-0.39, 0.29) is 29.8 Å². The Balaban J connectivity index is 1.66. The topological polar surface area (TPSA) is 59.4 Å². The number of halogens is 3. The number of aldehydes is 1. The van der Waals surface area contributed by atoms with Gasteiger partial charge in [-0.15, -0.1) is 0 Å². The monoisotopic (exact) mass is 480 g/mol. The average Bonchev–Trinajstić information content (AvgIpc) is 3.04. The van der Waals surface area contributed by atoms with Gasteiger partial charge in [0.25, 0.3) is 0 Å². The van der Waals surface area contributed by atoms with Crippen molar-refractivity contribution in [1.82, 2.24) is 8.87 Å². The molecule has 1 aromatic heterocycles. The van der Waals surface area contributed by atoms with E-state index in [1.165, 1.54) is 28.6 Å². The van der Waals surface area contributed by atoms with Gasteiger partial charge in [-0.1, -0.05) is 11.6 Å². The number of carbonyl (C=O) groups excluding carboxylic acids is 1. The lowest BCUT2D eigenvalue weighted by molar-refractivity contribution is -0.110. The molecule has 1 unspecified atom stereocenters. The molecule has 170 valence electrons. The quantitative estimate of drug-likeness (QED) is 0.471. The van der Waals surface area contributed by atoms with E-state index in [0.717, 1.165) is 34.5 Å². The van der Waals surface area contributed by atoms with Gasteiger partial charge in [0.05, 0.1) is 6.04 Å². The molecule has 9 heteroatoms. The Labute approximate surface area is 190 Å². The van der Waals surface area contributed by atoms with E-state index in [9.17, 15) is 22.0 Å². The Hall–Kier alpha value is -2.29. The molecule has 1 atom stereocenters. The fraction of sp³-hybridized carbons (Fsp3) is 0.348. The van der Waals surface area contributed by atoms with Gasteiger partial charge < -0.3 is 9.36 Å². The highest BCUT2D eigenvalue weighted by Gasteiger charge is 2.34. The van der Waals surface area contributed by atoms with Crippen molar-refractivity contribution < 1.29 is 22.0 Å². The van der Waals surface area contributed by atoms with Gasteiger partial charge in [-0.05, 0) is 74.6 Å². The van der Waals surface area contributed by atoms with Crippen LogP contribution in [0, 0.1) is 18.6 Å². The van der Waals surface area contributed by atoms with Crippen LogP contribution in [0.25, 0.3) is 10.9 Å². The Morgan fingerprint density at radius 1 is 1.12 bits per heavy atom. The smallest absolute Gasteiger partial charge is 0.245 e. The van der Waals surface area contributed by atoms with Crippen molar-refractivity contribution in [2.24, 2.45) is 0 Å². The van der Waals surface area contributed by atoms with E-state index in [1.807, 2.05) is 11.5 Å². The lowest BCUT2D eigenvalue weighted by atomic mass is 9.88. The molecule has 0 radical (unpaired) electrons. The number of carbonyl (C=O) groups is 1. The third-order valence-electron chi connectivity index (χ3n) is 6.24. The maximum atomic E-state index is 14.3. The minimum Gasteiger partial charge on any atom is -0.335 e. The van der Waals surface area contributed by atoms with E-state index in [1.54, 1.807) is 13.0 Å². The van der Waals surface area contributed by atoms with E-state index in [2.05, 4.69) is 0 Å². The lowest BCUT2D eigenvalue weighted by Crippen LogP contribution is -2.38. The van der Waals surface area contributed by atoms with Gasteiger partial charge in [-0.25, -0.2) is 17.2 Å². The highest BCUT2D eigenvalue weighted by Crippen LogP contribution is 2.40. The molecular formula is C23H23ClF2N2O3S. The van der Waals surface area contributed by atoms with Crippen LogP contribution in [0.1, 0.15) is 43.0 Å². The van der Waals surface area contributed by atoms with E-state index in [0.29, 0.717) is 12.8 Å². The fourth-order valence-electron chi connectivity index (χ4n) is 4.75. The summed E-state index contributed by atoms with van der Waals surface area (Å²) in [5, 5.41) is 0.866. The molecule has 1 aliphatic rings. The van der Waals surface area contributed by atoms with Crippen LogP contribution in [-0.4, -0.2) is 36.7 Å². The van der Waals surface area contributed by atoms with Gasteiger partial charge >= 0.3 is 0 Å². The minimum atomic E-state index is -4.00. The van der Waals surface area contributed by atoms with Crippen LogP contribution in [-0.2, 0) is 14.8 Å². The van der Waals surface area contributed by atoms with Crippen LogP contribution in [0.5, 0.6) is 0 Å². The molecule has 1 aliphatic heterocycles. The Bertz CT molecular complexity index is 1300. The largest absolute Gasteiger partial charge is 0.335 e. The van der Waals surface area contributed by atoms with Gasteiger partial charge in [0.2, 0.25) is 10.0 Å². The maximum absolute atomic E-state index is 14.3. The highest BCUT2D eigenvalue weighted by atomic mass is 35.5. The van der Waals surface area contributed by atoms with Crippen molar-refractivity contribution in [3.05, 3.63) is 64.3 Å². The second kappa shape index (κ2) is 8.57. The summed E-state index contributed by atoms with van der Waals surface area (Å²) in [6.45, 7) is 4.10. The van der Waals surface area contributed by atoms with Gasteiger partial charge in [0, 0.05) is 34.7 Å². The number of rotatable bonds is 5. The molecule has 2 aromatic carbocycles. The van der Waals surface area contributed by atoms with Crippen molar-refractivity contribution >= 4 is 38.8 Å². The molecule has 0 aliphatic carbocycles. The van der Waals surface area contributed by atoms with Crippen molar-refractivity contribution in [3.8, 4) is 0 Å². The van der Waals surface area contributed by atoms with Crippen LogP contribution in [0.3, 0.4) is 0 Å². The zero-order valence-corrected chi connectivity index (χ0v) is 19.3. The van der Waals surface area contributed by atoms with Crippen molar-refractivity contribution in [2.45, 2.75) is 43.5 Å². The molecule has 1 fully saturated rings. The minimum absolute atomic E-state index is 0.0130. The molecule has 0 N–H and O–H groups in total. The molecule has 0 amide bonds. The fourth-order valence-corrected chi connectivity index (χ4v) is 6.42. The lowest BCUT2D eigenvalue weighted by Gasteiger charge is -2.31. The molecular weight excluding hydrogens is 458 g/mol. The number of hydrogen-bond donors (Lipinski definition) is 0. The molecule has 4 rings (SSSR count). The third-order valence-corrected chi connectivity index (χ3v) is 8.40. The average molecular weight is 481 g/mol.